The van der Waals surface area contributed by atoms with Crippen molar-refractivity contribution >= 4 is 23.6 Å². The van der Waals surface area contributed by atoms with Gasteiger partial charge in [-0.25, -0.2) is 4.79 Å². The lowest BCUT2D eigenvalue weighted by molar-refractivity contribution is -0.141. The maximum Gasteiger partial charge on any atom is 0.318 e. The van der Waals surface area contributed by atoms with Crippen molar-refractivity contribution in [2.45, 2.75) is 95.6 Å². The van der Waals surface area contributed by atoms with Crippen LogP contribution in [0.3, 0.4) is 0 Å². The number of nitrogens with zero attached hydrogens (tertiary/aromatic N) is 1. The topological polar surface area (TPSA) is 117 Å². The fourth-order valence-corrected chi connectivity index (χ4v) is 5.28. The number of hydrogen-bond acceptors (Lipinski definition) is 5. The lowest BCUT2D eigenvalue weighted by Gasteiger charge is -2.39. The molecule has 0 spiro atoms. The van der Waals surface area contributed by atoms with Crippen LogP contribution < -0.4 is 16.0 Å². The van der Waals surface area contributed by atoms with Gasteiger partial charge in [0.05, 0.1) is 19.3 Å². The zero-order valence-electron chi connectivity index (χ0n) is 20.7. The zero-order valence-corrected chi connectivity index (χ0v) is 20.7. The molecule has 3 aliphatic rings. The summed E-state index contributed by atoms with van der Waals surface area (Å²) < 4.78 is 5.33. The Morgan fingerprint density at radius 2 is 1.68 bits per heavy atom. The number of urea groups is 1. The molecule has 9 heteroatoms. The molecule has 1 saturated heterocycles. The van der Waals surface area contributed by atoms with E-state index in [1.807, 2.05) is 6.92 Å². The molecule has 0 unspecified atom stereocenters. The highest BCUT2D eigenvalue weighted by molar-refractivity contribution is 6.38. The number of Topliss-reactive ketones (excluding diaryl/α,β-unsaturated/α-hetero) is 1. The van der Waals surface area contributed by atoms with E-state index in [0.717, 1.165) is 44.9 Å². The van der Waals surface area contributed by atoms with Gasteiger partial charge in [-0.05, 0) is 38.0 Å². The lowest BCUT2D eigenvalue weighted by Crippen LogP contribution is -2.64. The summed E-state index contributed by atoms with van der Waals surface area (Å²) in [6, 6.07) is -1.15. The van der Waals surface area contributed by atoms with Crippen molar-refractivity contribution in [3.63, 3.8) is 0 Å². The second-order valence-corrected chi connectivity index (χ2v) is 10.1. The van der Waals surface area contributed by atoms with Gasteiger partial charge in [-0.2, -0.15) is 0 Å². The monoisotopic (exact) mass is 478 g/mol. The average Bonchev–Trinajstić information content (AvgIpc) is 3.39. The van der Waals surface area contributed by atoms with Gasteiger partial charge in [0.25, 0.3) is 5.91 Å². The Balaban J connectivity index is 1.65. The number of amides is 4. The average molecular weight is 479 g/mol. The van der Waals surface area contributed by atoms with Crippen molar-refractivity contribution in [3.8, 4) is 0 Å². The number of unbranched alkanes of at least 4 members (excludes halogenated alkanes) is 1. The first kappa shape index (κ1) is 26.4. The van der Waals surface area contributed by atoms with E-state index < -0.39 is 23.3 Å². The Kier molecular flexibility index (Phi) is 10.2. The number of ether oxygens (including phenoxy) is 1. The van der Waals surface area contributed by atoms with Crippen LogP contribution in [-0.4, -0.2) is 73.0 Å². The molecule has 0 radical (unpaired) electrons. The first-order chi connectivity index (χ1) is 16.4. The largest absolute Gasteiger partial charge is 0.378 e. The van der Waals surface area contributed by atoms with E-state index in [0.29, 0.717) is 58.0 Å². The maximum atomic E-state index is 13.6. The van der Waals surface area contributed by atoms with Gasteiger partial charge in [0.1, 0.15) is 5.54 Å². The van der Waals surface area contributed by atoms with E-state index in [-0.39, 0.29) is 11.9 Å². The smallest absolute Gasteiger partial charge is 0.318 e. The number of nitrogens with one attached hydrogen (secondary N) is 3. The van der Waals surface area contributed by atoms with Crippen molar-refractivity contribution in [2.75, 3.05) is 32.8 Å². The van der Waals surface area contributed by atoms with Crippen LogP contribution in [0.5, 0.6) is 0 Å². The minimum absolute atomic E-state index is 0.272. The molecule has 9 nitrogen and oxygen atoms in total. The molecule has 34 heavy (non-hydrogen) atoms. The predicted octanol–water partition coefficient (Wildman–Crippen LogP) is 2.28. The number of carbonyl (C=O) groups is 4. The van der Waals surface area contributed by atoms with E-state index in [1.165, 1.54) is 12.8 Å². The molecule has 2 saturated carbocycles. The molecule has 4 amide bonds. The first-order valence-corrected chi connectivity index (χ1v) is 13.2. The van der Waals surface area contributed by atoms with Gasteiger partial charge >= 0.3 is 6.03 Å². The summed E-state index contributed by atoms with van der Waals surface area (Å²) in [5, 5.41) is 8.66. The molecular formula is C25H42N4O5. The van der Waals surface area contributed by atoms with Gasteiger partial charge in [0.2, 0.25) is 11.7 Å². The molecule has 0 aromatic rings. The fraction of sp³-hybridized carbons (Fsp3) is 0.840. The van der Waals surface area contributed by atoms with Crippen molar-refractivity contribution in [1.29, 1.82) is 0 Å². The predicted molar refractivity (Wildman–Crippen MR) is 128 cm³/mol. The van der Waals surface area contributed by atoms with Gasteiger partial charge in [-0.3, -0.25) is 14.4 Å². The summed E-state index contributed by atoms with van der Waals surface area (Å²) in [6.45, 7) is 4.46. The van der Waals surface area contributed by atoms with E-state index in [9.17, 15) is 19.2 Å². The van der Waals surface area contributed by atoms with Gasteiger partial charge in [0, 0.05) is 19.6 Å². The highest BCUT2D eigenvalue weighted by Gasteiger charge is 2.43. The van der Waals surface area contributed by atoms with E-state index in [1.54, 1.807) is 4.90 Å². The minimum atomic E-state index is -1.06. The molecule has 2 aliphatic carbocycles. The quantitative estimate of drug-likeness (QED) is 0.417. The minimum Gasteiger partial charge on any atom is -0.378 e. The molecule has 1 atom stereocenters. The van der Waals surface area contributed by atoms with Crippen LogP contribution in [0.25, 0.3) is 0 Å². The van der Waals surface area contributed by atoms with Crippen LogP contribution >= 0.6 is 0 Å². The highest BCUT2D eigenvalue weighted by Crippen LogP contribution is 2.29. The molecule has 3 fully saturated rings. The second kappa shape index (κ2) is 13.1. The van der Waals surface area contributed by atoms with Crippen LogP contribution in [0.2, 0.25) is 0 Å². The molecule has 3 rings (SSSR count). The Morgan fingerprint density at radius 1 is 1.00 bits per heavy atom. The van der Waals surface area contributed by atoms with Crippen molar-refractivity contribution in [1.82, 2.24) is 20.9 Å². The van der Waals surface area contributed by atoms with Crippen molar-refractivity contribution in [3.05, 3.63) is 0 Å². The highest BCUT2D eigenvalue weighted by atomic mass is 16.5. The third kappa shape index (κ3) is 7.17. The fourth-order valence-electron chi connectivity index (χ4n) is 5.28. The molecule has 0 aromatic heterocycles. The Bertz CT molecular complexity index is 710. The maximum absolute atomic E-state index is 13.6. The van der Waals surface area contributed by atoms with Gasteiger partial charge in [0.15, 0.2) is 0 Å². The number of morpholine rings is 1. The number of rotatable bonds is 10. The van der Waals surface area contributed by atoms with Gasteiger partial charge < -0.3 is 25.6 Å². The number of hydrogen-bond donors (Lipinski definition) is 3. The van der Waals surface area contributed by atoms with Crippen molar-refractivity contribution < 1.29 is 23.9 Å². The molecule has 3 N–H and O–H groups in total. The zero-order chi connectivity index (χ0) is 24.4. The Morgan fingerprint density at radius 3 is 2.32 bits per heavy atom. The Hall–Kier alpha value is -2.16. The molecule has 0 aromatic carbocycles. The van der Waals surface area contributed by atoms with Crippen LogP contribution in [-0.2, 0) is 19.1 Å². The molecule has 1 aliphatic heterocycles. The summed E-state index contributed by atoms with van der Waals surface area (Å²) in [4.78, 5) is 53.8. The standard InChI is InChI=1S/C25H42N4O5/c1-2-3-11-20(21(30)22(31)26-18-19-9-5-6-10-19)27-23(32)25(12-7-4-8-13-25)28-24(33)29-14-16-34-17-15-29/h19-20H,2-18H2,1H3,(H,26,31)(H,27,32)(H,28,33)/t20-/m0/s1. The SMILES string of the molecule is CCCC[C@H](NC(=O)C1(NC(=O)N2CCOCC2)CCCCC1)C(=O)C(=O)NCC1CCCC1. The second-order valence-electron chi connectivity index (χ2n) is 10.1. The summed E-state index contributed by atoms with van der Waals surface area (Å²) in [6.07, 6.45) is 10.2. The van der Waals surface area contributed by atoms with E-state index in [4.69, 9.17) is 4.74 Å². The van der Waals surface area contributed by atoms with Crippen LogP contribution in [0.1, 0.15) is 84.0 Å². The summed E-state index contributed by atoms with van der Waals surface area (Å²) in [5.41, 5.74) is -1.06. The van der Waals surface area contributed by atoms with E-state index in [2.05, 4.69) is 16.0 Å². The summed E-state index contributed by atoms with van der Waals surface area (Å²) >= 11 is 0. The number of carbonyl (C=O) groups excluding carboxylic acids is 4. The van der Waals surface area contributed by atoms with Crippen LogP contribution in [0.4, 0.5) is 4.79 Å². The van der Waals surface area contributed by atoms with Crippen LogP contribution in [0.15, 0.2) is 0 Å². The summed E-state index contributed by atoms with van der Waals surface area (Å²) in [5.74, 6) is -1.14. The molecule has 192 valence electrons. The third-order valence-corrected chi connectivity index (χ3v) is 7.50. The van der Waals surface area contributed by atoms with Gasteiger partial charge in [-0.1, -0.05) is 51.9 Å². The van der Waals surface area contributed by atoms with Gasteiger partial charge in [-0.15, -0.1) is 0 Å². The normalized spacial score (nSPS) is 21.5. The van der Waals surface area contributed by atoms with Crippen LogP contribution in [0, 0.1) is 5.92 Å². The lowest BCUT2D eigenvalue weighted by atomic mass is 9.80. The van der Waals surface area contributed by atoms with E-state index >= 15 is 0 Å². The molecule has 1 heterocycles. The first-order valence-electron chi connectivity index (χ1n) is 13.2. The molecule has 0 bridgehead atoms. The van der Waals surface area contributed by atoms with Crippen molar-refractivity contribution in [2.24, 2.45) is 5.92 Å². The third-order valence-electron chi connectivity index (χ3n) is 7.50. The Labute approximate surface area is 203 Å². The number of ketones is 1. The summed E-state index contributed by atoms with van der Waals surface area (Å²) in [7, 11) is 0. The molecular weight excluding hydrogens is 436 g/mol.